The first-order chi connectivity index (χ1) is 13.0. The van der Waals surface area contributed by atoms with E-state index in [1.807, 2.05) is 30.3 Å². The summed E-state index contributed by atoms with van der Waals surface area (Å²) in [6, 6.07) is 9.54. The van der Waals surface area contributed by atoms with Gasteiger partial charge in [-0.05, 0) is 38.2 Å². The van der Waals surface area contributed by atoms with Gasteiger partial charge in [0.05, 0.1) is 0 Å². The highest BCUT2D eigenvalue weighted by atomic mass is 16.2. The minimum absolute atomic E-state index is 0.158. The van der Waals surface area contributed by atoms with Crippen LogP contribution in [0.2, 0.25) is 0 Å². The van der Waals surface area contributed by atoms with Crippen molar-refractivity contribution in [1.29, 1.82) is 0 Å². The Morgan fingerprint density at radius 1 is 1.15 bits per heavy atom. The van der Waals surface area contributed by atoms with Crippen LogP contribution in [-0.2, 0) is 16.0 Å². The van der Waals surface area contributed by atoms with E-state index in [1.165, 1.54) is 12.8 Å². The Balaban J connectivity index is 1.55. The largest absolute Gasteiger partial charge is 0.352 e. The first-order valence-corrected chi connectivity index (χ1v) is 9.95. The van der Waals surface area contributed by atoms with E-state index in [-0.39, 0.29) is 24.4 Å². The molecule has 6 nitrogen and oxygen atoms in total. The van der Waals surface area contributed by atoms with E-state index >= 15 is 0 Å². The van der Waals surface area contributed by atoms with Crippen LogP contribution in [0.3, 0.4) is 0 Å². The third-order valence-corrected chi connectivity index (χ3v) is 5.62. The monoisotopic (exact) mass is 371 g/mol. The summed E-state index contributed by atoms with van der Waals surface area (Å²) in [6.07, 6.45) is 7.78. The van der Waals surface area contributed by atoms with Crippen LogP contribution < -0.4 is 10.6 Å². The molecule has 0 aromatic heterocycles. The fraction of sp³-hybridized carbons (Fsp3) is 0.571. The van der Waals surface area contributed by atoms with Crippen molar-refractivity contribution in [1.82, 2.24) is 15.5 Å². The number of urea groups is 1. The zero-order valence-corrected chi connectivity index (χ0v) is 16.0. The van der Waals surface area contributed by atoms with Crippen molar-refractivity contribution in [3.63, 3.8) is 0 Å². The predicted molar refractivity (Wildman–Crippen MR) is 103 cm³/mol. The molecule has 4 amide bonds. The number of nitrogens with one attached hydrogen (secondary N) is 2. The molecule has 1 saturated heterocycles. The van der Waals surface area contributed by atoms with E-state index in [0.717, 1.165) is 36.1 Å². The third kappa shape index (κ3) is 4.87. The maximum Gasteiger partial charge on any atom is 0.325 e. The molecule has 3 rings (SSSR count). The molecule has 1 atom stereocenters. The van der Waals surface area contributed by atoms with Crippen LogP contribution in [0.5, 0.6) is 0 Å². The second-order valence-corrected chi connectivity index (χ2v) is 7.90. The molecule has 2 N–H and O–H groups in total. The number of carbonyl (C=O) groups is 3. The fourth-order valence-electron chi connectivity index (χ4n) is 3.94. The molecule has 27 heavy (non-hydrogen) atoms. The number of carbonyl (C=O) groups excluding carboxylic acids is 3. The van der Waals surface area contributed by atoms with Gasteiger partial charge in [-0.2, -0.15) is 0 Å². The maximum absolute atomic E-state index is 12.8. The van der Waals surface area contributed by atoms with Gasteiger partial charge < -0.3 is 10.6 Å². The molecule has 2 fully saturated rings. The van der Waals surface area contributed by atoms with E-state index in [2.05, 4.69) is 10.6 Å². The van der Waals surface area contributed by atoms with Crippen molar-refractivity contribution >= 4 is 17.8 Å². The molecule has 1 heterocycles. The quantitative estimate of drug-likeness (QED) is 0.596. The maximum atomic E-state index is 12.8. The highest BCUT2D eigenvalue weighted by Gasteiger charge is 2.47. The minimum atomic E-state index is -0.963. The van der Waals surface area contributed by atoms with Crippen molar-refractivity contribution < 1.29 is 14.4 Å². The van der Waals surface area contributed by atoms with Crippen LogP contribution in [0, 0.1) is 0 Å². The molecule has 1 aromatic rings. The lowest BCUT2D eigenvalue weighted by Crippen LogP contribution is -2.46. The lowest BCUT2D eigenvalue weighted by molar-refractivity contribution is -0.135. The standard InChI is InChI=1S/C21H29N3O3/c1-21(14-13-16-9-5-4-6-10-16)19(26)24(20(27)23-21)15-18(25)22-17-11-7-2-3-8-12-17/h4-6,9-10,17H,2-3,7-8,11-15H2,1H3,(H,22,25)(H,23,27)/t21-/m0/s1. The number of rotatable bonds is 6. The van der Waals surface area contributed by atoms with Gasteiger partial charge in [0.15, 0.2) is 0 Å². The zero-order valence-electron chi connectivity index (χ0n) is 16.0. The molecule has 1 aromatic carbocycles. The van der Waals surface area contributed by atoms with Crippen molar-refractivity contribution in [2.75, 3.05) is 6.54 Å². The number of hydrogen-bond donors (Lipinski definition) is 2. The van der Waals surface area contributed by atoms with Gasteiger partial charge in [-0.15, -0.1) is 0 Å². The lowest BCUT2D eigenvalue weighted by atomic mass is 9.93. The third-order valence-electron chi connectivity index (χ3n) is 5.62. The van der Waals surface area contributed by atoms with Gasteiger partial charge in [-0.3, -0.25) is 14.5 Å². The summed E-state index contributed by atoms with van der Waals surface area (Å²) in [5.74, 6) is -0.572. The summed E-state index contributed by atoms with van der Waals surface area (Å²) in [4.78, 5) is 38.5. The molecular formula is C21H29N3O3. The van der Waals surface area contributed by atoms with Crippen molar-refractivity contribution in [2.45, 2.75) is 69.9 Å². The lowest BCUT2D eigenvalue weighted by Gasteiger charge is -2.22. The summed E-state index contributed by atoms with van der Waals surface area (Å²) >= 11 is 0. The van der Waals surface area contributed by atoms with Gasteiger partial charge in [0.2, 0.25) is 5.91 Å². The van der Waals surface area contributed by atoms with E-state index in [4.69, 9.17) is 0 Å². The van der Waals surface area contributed by atoms with Gasteiger partial charge in [0.25, 0.3) is 5.91 Å². The first kappa shape index (κ1) is 19.4. The average molecular weight is 371 g/mol. The summed E-state index contributed by atoms with van der Waals surface area (Å²) in [5, 5.41) is 5.78. The van der Waals surface area contributed by atoms with Crippen LogP contribution in [-0.4, -0.2) is 40.9 Å². The van der Waals surface area contributed by atoms with Gasteiger partial charge >= 0.3 is 6.03 Å². The van der Waals surface area contributed by atoms with E-state index in [9.17, 15) is 14.4 Å². The van der Waals surface area contributed by atoms with Crippen molar-refractivity contribution in [2.24, 2.45) is 0 Å². The normalized spacial score (nSPS) is 23.8. The molecule has 2 aliphatic rings. The van der Waals surface area contributed by atoms with E-state index in [0.29, 0.717) is 12.8 Å². The Morgan fingerprint density at radius 2 is 1.81 bits per heavy atom. The van der Waals surface area contributed by atoms with Gasteiger partial charge in [-0.25, -0.2) is 4.79 Å². The van der Waals surface area contributed by atoms with Gasteiger partial charge in [0, 0.05) is 6.04 Å². The summed E-state index contributed by atoms with van der Waals surface area (Å²) < 4.78 is 0. The molecule has 1 aliphatic heterocycles. The molecule has 0 spiro atoms. The second-order valence-electron chi connectivity index (χ2n) is 7.90. The number of imide groups is 1. The highest BCUT2D eigenvalue weighted by Crippen LogP contribution is 2.23. The number of hydrogen-bond acceptors (Lipinski definition) is 3. The number of benzene rings is 1. The van der Waals surface area contributed by atoms with Gasteiger partial charge in [0.1, 0.15) is 12.1 Å². The van der Waals surface area contributed by atoms with Crippen LogP contribution in [0.4, 0.5) is 4.79 Å². The van der Waals surface area contributed by atoms with Gasteiger partial charge in [-0.1, -0.05) is 56.0 Å². The Labute approximate surface area is 160 Å². The van der Waals surface area contributed by atoms with Crippen molar-refractivity contribution in [3.8, 4) is 0 Å². The number of nitrogens with zero attached hydrogens (tertiary/aromatic N) is 1. The fourth-order valence-corrected chi connectivity index (χ4v) is 3.94. The van der Waals surface area contributed by atoms with Crippen LogP contribution >= 0.6 is 0 Å². The molecule has 1 saturated carbocycles. The van der Waals surface area contributed by atoms with Crippen molar-refractivity contribution in [3.05, 3.63) is 35.9 Å². The molecule has 146 valence electrons. The molecule has 0 bridgehead atoms. The van der Waals surface area contributed by atoms with E-state index < -0.39 is 11.6 Å². The molecule has 6 heteroatoms. The molecular weight excluding hydrogens is 342 g/mol. The Morgan fingerprint density at radius 3 is 2.48 bits per heavy atom. The second kappa shape index (κ2) is 8.55. The zero-order chi connectivity index (χ0) is 19.3. The molecule has 0 unspecified atom stereocenters. The highest BCUT2D eigenvalue weighted by molar-refractivity contribution is 6.08. The van der Waals surface area contributed by atoms with Crippen LogP contribution in [0.25, 0.3) is 0 Å². The van der Waals surface area contributed by atoms with Crippen LogP contribution in [0.1, 0.15) is 57.4 Å². The van der Waals surface area contributed by atoms with Crippen LogP contribution in [0.15, 0.2) is 30.3 Å². The smallest absolute Gasteiger partial charge is 0.325 e. The average Bonchev–Trinajstić information content (AvgIpc) is 2.84. The molecule has 0 radical (unpaired) electrons. The Hall–Kier alpha value is -2.37. The molecule has 1 aliphatic carbocycles. The van der Waals surface area contributed by atoms with E-state index in [1.54, 1.807) is 6.92 Å². The summed E-state index contributed by atoms with van der Waals surface area (Å²) in [6.45, 7) is 1.53. The summed E-state index contributed by atoms with van der Waals surface area (Å²) in [5.41, 5.74) is 0.153. The first-order valence-electron chi connectivity index (χ1n) is 9.95. The minimum Gasteiger partial charge on any atom is -0.352 e. The Bertz CT molecular complexity index is 683. The topological polar surface area (TPSA) is 78.5 Å². The summed E-state index contributed by atoms with van der Waals surface area (Å²) in [7, 11) is 0. The predicted octanol–water partition coefficient (Wildman–Crippen LogP) is 2.77. The number of aryl methyl sites for hydroxylation is 1. The number of amides is 4. The SMILES string of the molecule is C[C@@]1(CCc2ccccc2)NC(=O)N(CC(=O)NC2CCCCCC2)C1=O. The Kier molecular flexibility index (Phi) is 6.14.